The predicted molar refractivity (Wildman–Crippen MR) is 123 cm³/mol. The molecule has 1 fully saturated rings. The Balaban J connectivity index is 1.51. The molecule has 0 saturated heterocycles. The summed E-state index contributed by atoms with van der Waals surface area (Å²) < 4.78 is 56.0. The quantitative estimate of drug-likeness (QED) is 0.438. The van der Waals surface area contributed by atoms with Gasteiger partial charge >= 0.3 is 0 Å². The summed E-state index contributed by atoms with van der Waals surface area (Å²) in [6.07, 6.45) is 4.25. The number of aromatic amines is 1. The summed E-state index contributed by atoms with van der Waals surface area (Å²) in [7, 11) is -4.34. The lowest BCUT2D eigenvalue weighted by Crippen LogP contribution is -2.39. The van der Waals surface area contributed by atoms with Crippen molar-refractivity contribution >= 4 is 32.5 Å². The highest BCUT2D eigenvalue weighted by atomic mass is 32.2. The summed E-state index contributed by atoms with van der Waals surface area (Å²) in [6.45, 7) is 0. The van der Waals surface area contributed by atoms with Gasteiger partial charge in [-0.25, -0.2) is 22.2 Å². The van der Waals surface area contributed by atoms with E-state index in [1.54, 1.807) is 18.5 Å². The Bertz CT molecular complexity index is 1610. The highest BCUT2D eigenvalue weighted by Gasteiger charge is 2.51. The number of hydrogen-bond acceptors (Lipinski definition) is 4. The minimum atomic E-state index is -4.34. The molecule has 0 amide bonds. The number of carbonyl (C=O) groups excluding carboxylic acids is 1. The number of nitrogens with zero attached hydrogens (tertiary/aromatic N) is 1. The average molecular weight is 480 g/mol. The van der Waals surface area contributed by atoms with Gasteiger partial charge in [-0.15, -0.1) is 0 Å². The first kappa shape index (κ1) is 21.0. The molecule has 6 rings (SSSR count). The molecule has 0 bridgehead atoms. The highest BCUT2D eigenvalue weighted by molar-refractivity contribution is 7.92. The van der Waals surface area contributed by atoms with E-state index in [2.05, 4.69) is 14.7 Å². The number of carbonyl (C=O) groups is 1. The number of hydrogen-bond donors (Lipinski definition) is 2. The van der Waals surface area contributed by atoms with E-state index in [0.29, 0.717) is 6.07 Å². The lowest BCUT2D eigenvalue weighted by molar-refractivity contribution is -0.125. The smallest absolute Gasteiger partial charge is 0.264 e. The second-order valence-electron chi connectivity index (χ2n) is 8.90. The summed E-state index contributed by atoms with van der Waals surface area (Å²) in [5, 5.41) is 0. The fourth-order valence-corrected chi connectivity index (χ4v) is 6.27. The zero-order chi connectivity index (χ0) is 23.7. The lowest BCUT2D eigenvalue weighted by Gasteiger charge is -2.38. The molecule has 2 N–H and O–H groups in total. The summed E-state index contributed by atoms with van der Waals surface area (Å²) in [5.74, 6) is -1.90. The first-order valence-corrected chi connectivity index (χ1v) is 12.4. The van der Waals surface area contributed by atoms with Crippen LogP contribution in [0.1, 0.15) is 30.4 Å². The van der Waals surface area contributed by atoms with Gasteiger partial charge in [0, 0.05) is 18.2 Å². The molecule has 1 spiro atoms. The molecule has 1 saturated carbocycles. The Morgan fingerprint density at radius 1 is 1.03 bits per heavy atom. The van der Waals surface area contributed by atoms with Crippen LogP contribution < -0.4 is 4.72 Å². The van der Waals surface area contributed by atoms with E-state index >= 15 is 0 Å². The Morgan fingerprint density at radius 3 is 2.59 bits per heavy atom. The third-order valence-electron chi connectivity index (χ3n) is 7.01. The summed E-state index contributed by atoms with van der Waals surface area (Å²) in [6, 6.07) is 11.3. The first-order valence-electron chi connectivity index (χ1n) is 10.9. The standard InChI is InChI=1S/C25H19F2N3O3S/c26-15-3-5-23(20(27)9-15)34(32,33)30-16-10-17(14-2-4-21-22(8-14)29-13-28-21)18-12-24(31)25(6-1-7-25)19(18)11-16/h2-5,8-11,13,30H,1,6-7,12H2,(H,28,29). The van der Waals surface area contributed by atoms with E-state index in [1.165, 1.54) is 0 Å². The van der Waals surface area contributed by atoms with Crippen LogP contribution in [0.25, 0.3) is 22.2 Å². The van der Waals surface area contributed by atoms with Crippen LogP contribution in [0.15, 0.2) is 59.8 Å². The normalized spacial score (nSPS) is 16.6. The van der Waals surface area contributed by atoms with Crippen molar-refractivity contribution in [1.82, 2.24) is 9.97 Å². The monoisotopic (exact) mass is 479 g/mol. The van der Waals surface area contributed by atoms with Crippen LogP contribution in [0, 0.1) is 11.6 Å². The second-order valence-corrected chi connectivity index (χ2v) is 10.6. The molecular weight excluding hydrogens is 460 g/mol. The minimum absolute atomic E-state index is 0.141. The topological polar surface area (TPSA) is 91.9 Å². The minimum Gasteiger partial charge on any atom is -0.345 e. The third kappa shape index (κ3) is 3.07. The molecule has 0 unspecified atom stereocenters. The van der Waals surface area contributed by atoms with E-state index in [4.69, 9.17) is 0 Å². The van der Waals surface area contributed by atoms with Crippen molar-refractivity contribution in [2.75, 3.05) is 4.72 Å². The van der Waals surface area contributed by atoms with Crippen molar-refractivity contribution in [2.45, 2.75) is 36.0 Å². The second kappa shape index (κ2) is 7.20. The number of ketones is 1. The molecule has 4 aromatic rings. The highest BCUT2D eigenvalue weighted by Crippen LogP contribution is 2.53. The predicted octanol–water partition coefficient (Wildman–Crippen LogP) is 4.86. The van der Waals surface area contributed by atoms with Gasteiger partial charge in [-0.05, 0) is 71.5 Å². The SMILES string of the molecule is O=C1Cc2c(-c3ccc4nc[nH]c4c3)cc(NS(=O)(=O)c3ccc(F)cc3F)cc2C12CCC2. The largest absolute Gasteiger partial charge is 0.345 e. The van der Waals surface area contributed by atoms with Gasteiger partial charge in [0.25, 0.3) is 10.0 Å². The number of H-pyrrole nitrogens is 1. The van der Waals surface area contributed by atoms with E-state index in [-0.39, 0.29) is 17.9 Å². The third-order valence-corrected chi connectivity index (χ3v) is 8.43. The van der Waals surface area contributed by atoms with Gasteiger partial charge in [0.15, 0.2) is 0 Å². The molecule has 0 atom stereocenters. The first-order chi connectivity index (χ1) is 16.3. The Labute approximate surface area is 194 Å². The van der Waals surface area contributed by atoms with Crippen LogP contribution in [0.3, 0.4) is 0 Å². The number of fused-ring (bicyclic) bond motifs is 3. The van der Waals surface area contributed by atoms with Crippen LogP contribution in [-0.4, -0.2) is 24.2 Å². The lowest BCUT2D eigenvalue weighted by atomic mass is 9.64. The van der Waals surface area contributed by atoms with E-state index in [9.17, 15) is 22.0 Å². The summed E-state index contributed by atoms with van der Waals surface area (Å²) >= 11 is 0. The van der Waals surface area contributed by atoms with Crippen LogP contribution in [-0.2, 0) is 26.7 Å². The van der Waals surface area contributed by atoms with Crippen LogP contribution in [0.4, 0.5) is 14.5 Å². The average Bonchev–Trinajstić information content (AvgIpc) is 3.33. The molecule has 34 heavy (non-hydrogen) atoms. The van der Waals surface area contributed by atoms with Crippen molar-refractivity contribution in [3.63, 3.8) is 0 Å². The number of benzene rings is 3. The molecule has 2 aliphatic rings. The number of imidazole rings is 1. The Kier molecular flexibility index (Phi) is 4.44. The molecule has 0 aliphatic heterocycles. The van der Waals surface area contributed by atoms with Crippen LogP contribution in [0.2, 0.25) is 0 Å². The van der Waals surface area contributed by atoms with E-state index in [0.717, 1.165) is 64.7 Å². The van der Waals surface area contributed by atoms with Crippen LogP contribution >= 0.6 is 0 Å². The van der Waals surface area contributed by atoms with Gasteiger partial charge < -0.3 is 4.98 Å². The molecular formula is C25H19F2N3O3S. The molecule has 1 aromatic heterocycles. The van der Waals surface area contributed by atoms with Crippen molar-refractivity contribution in [3.05, 3.63) is 77.6 Å². The van der Waals surface area contributed by atoms with Crippen molar-refractivity contribution in [1.29, 1.82) is 0 Å². The maximum atomic E-state index is 14.3. The Morgan fingerprint density at radius 2 is 1.85 bits per heavy atom. The molecule has 6 nitrogen and oxygen atoms in total. The zero-order valence-electron chi connectivity index (χ0n) is 17.9. The van der Waals surface area contributed by atoms with Crippen LogP contribution in [0.5, 0.6) is 0 Å². The maximum absolute atomic E-state index is 14.3. The van der Waals surface area contributed by atoms with Crippen molar-refractivity contribution in [2.24, 2.45) is 0 Å². The number of rotatable bonds is 4. The number of sulfonamides is 1. The fraction of sp³-hybridized carbons (Fsp3) is 0.200. The number of anilines is 1. The molecule has 2 aliphatic carbocycles. The van der Waals surface area contributed by atoms with Crippen molar-refractivity contribution < 1.29 is 22.0 Å². The molecule has 3 aromatic carbocycles. The molecule has 1 heterocycles. The van der Waals surface area contributed by atoms with Gasteiger partial charge in [0.1, 0.15) is 22.3 Å². The van der Waals surface area contributed by atoms with Gasteiger partial charge in [-0.1, -0.05) is 12.5 Å². The van der Waals surface area contributed by atoms with Gasteiger partial charge in [0.2, 0.25) is 0 Å². The molecule has 9 heteroatoms. The summed E-state index contributed by atoms with van der Waals surface area (Å²) in [4.78, 5) is 19.7. The number of nitrogens with one attached hydrogen (secondary N) is 2. The van der Waals surface area contributed by atoms with E-state index in [1.807, 2.05) is 18.2 Å². The van der Waals surface area contributed by atoms with E-state index < -0.39 is 32.0 Å². The van der Waals surface area contributed by atoms with Gasteiger partial charge in [-0.2, -0.15) is 0 Å². The van der Waals surface area contributed by atoms with Gasteiger partial charge in [-0.3, -0.25) is 9.52 Å². The maximum Gasteiger partial charge on any atom is 0.264 e. The molecule has 0 radical (unpaired) electrons. The van der Waals surface area contributed by atoms with Gasteiger partial charge in [0.05, 0.1) is 22.8 Å². The fourth-order valence-electron chi connectivity index (χ4n) is 5.17. The Hall–Kier alpha value is -3.59. The number of Topliss-reactive ketones (excluding diaryl/α,β-unsaturated/α-hetero) is 1. The summed E-state index contributed by atoms with van der Waals surface area (Å²) in [5.41, 5.74) is 4.49. The zero-order valence-corrected chi connectivity index (χ0v) is 18.7. The number of aromatic nitrogens is 2. The molecule has 172 valence electrons. The number of halogens is 2. The van der Waals surface area contributed by atoms with Crippen molar-refractivity contribution in [3.8, 4) is 11.1 Å².